The highest BCUT2D eigenvalue weighted by atomic mass is 16.6. The second kappa shape index (κ2) is 9.63. The van der Waals surface area contributed by atoms with Crippen LogP contribution in [0.2, 0.25) is 0 Å². The van der Waals surface area contributed by atoms with Gasteiger partial charge in [0.15, 0.2) is 0 Å². The lowest BCUT2D eigenvalue weighted by molar-refractivity contribution is 0.0697. The van der Waals surface area contributed by atoms with E-state index in [4.69, 9.17) is 9.82 Å². The number of rotatable bonds is 6. The van der Waals surface area contributed by atoms with Crippen molar-refractivity contribution in [1.82, 2.24) is 9.55 Å². The Bertz CT molecular complexity index is 1600. The highest BCUT2D eigenvalue weighted by molar-refractivity contribution is 5.92. The molecule has 0 fully saturated rings. The number of fused-ring (bicyclic) bond motifs is 1. The second-order valence-corrected chi connectivity index (χ2v) is 9.72. The summed E-state index contributed by atoms with van der Waals surface area (Å²) in [7, 11) is 0. The highest BCUT2D eigenvalue weighted by Gasteiger charge is 2.31. The summed E-state index contributed by atoms with van der Waals surface area (Å²) in [5, 5.41) is 14.6. The van der Waals surface area contributed by atoms with Crippen molar-refractivity contribution in [3.05, 3.63) is 131 Å². The van der Waals surface area contributed by atoms with Crippen LogP contribution in [0.15, 0.2) is 109 Å². The largest absolute Gasteiger partial charge is 0.478 e. The van der Waals surface area contributed by atoms with Crippen LogP contribution in [0.4, 0.5) is 0 Å². The van der Waals surface area contributed by atoms with Gasteiger partial charge in [-0.2, -0.15) is 0 Å². The fourth-order valence-electron chi connectivity index (χ4n) is 5.49. The van der Waals surface area contributed by atoms with E-state index >= 15 is 0 Å². The van der Waals surface area contributed by atoms with Crippen molar-refractivity contribution < 1.29 is 14.7 Å². The Kier molecular flexibility index (Phi) is 6.00. The molecule has 0 spiro atoms. The van der Waals surface area contributed by atoms with Gasteiger partial charge in [-0.25, -0.2) is 9.78 Å². The Morgan fingerprint density at radius 2 is 1.58 bits per heavy atom. The number of aromatic nitrogens is 2. The minimum absolute atomic E-state index is 0.0245. The average Bonchev–Trinajstić information content (AvgIpc) is 3.49. The van der Waals surface area contributed by atoms with Crippen molar-refractivity contribution in [2.24, 2.45) is 5.16 Å². The van der Waals surface area contributed by atoms with Gasteiger partial charge in [0.1, 0.15) is 11.8 Å². The van der Waals surface area contributed by atoms with Crippen LogP contribution in [0.1, 0.15) is 58.3 Å². The number of carboxylic acid groups (broad SMARTS) is 1. The van der Waals surface area contributed by atoms with E-state index in [1.807, 2.05) is 44.3 Å². The fraction of sp³-hybridized carbons (Fsp3) is 0.156. The summed E-state index contributed by atoms with van der Waals surface area (Å²) in [5.41, 5.74) is 7.38. The van der Waals surface area contributed by atoms with Crippen LogP contribution in [-0.2, 0) is 4.84 Å². The maximum Gasteiger partial charge on any atom is 0.335 e. The molecule has 0 aliphatic carbocycles. The molecule has 6 rings (SSSR count). The van der Waals surface area contributed by atoms with Crippen LogP contribution in [-0.4, -0.2) is 32.4 Å². The van der Waals surface area contributed by atoms with Crippen LogP contribution in [0.3, 0.4) is 0 Å². The van der Waals surface area contributed by atoms with E-state index in [1.165, 1.54) is 11.1 Å². The maximum atomic E-state index is 11.4. The zero-order valence-corrected chi connectivity index (χ0v) is 21.2. The van der Waals surface area contributed by atoms with Crippen LogP contribution < -0.4 is 0 Å². The molecular weight excluding hydrogens is 474 g/mol. The third-order valence-corrected chi connectivity index (χ3v) is 7.31. The van der Waals surface area contributed by atoms with Gasteiger partial charge in [-0.15, -0.1) is 0 Å². The summed E-state index contributed by atoms with van der Waals surface area (Å²) in [6, 6.07) is 30.1. The molecular formula is C32H27N3O3. The molecule has 188 valence electrons. The second-order valence-electron chi connectivity index (χ2n) is 9.72. The lowest BCUT2D eigenvalue weighted by atomic mass is 9.84. The molecule has 38 heavy (non-hydrogen) atoms. The van der Waals surface area contributed by atoms with Gasteiger partial charge in [0, 0.05) is 29.4 Å². The number of hydrogen-bond acceptors (Lipinski definition) is 4. The van der Waals surface area contributed by atoms with Crippen molar-refractivity contribution in [3.63, 3.8) is 0 Å². The summed E-state index contributed by atoms with van der Waals surface area (Å²) < 4.78 is 2.05. The number of nitrogens with zero attached hydrogens (tertiary/aromatic N) is 3. The zero-order chi connectivity index (χ0) is 26.2. The molecule has 6 heteroatoms. The lowest BCUT2D eigenvalue weighted by Crippen LogP contribution is -2.16. The molecule has 2 aromatic heterocycles. The van der Waals surface area contributed by atoms with Crippen molar-refractivity contribution in [1.29, 1.82) is 0 Å². The van der Waals surface area contributed by atoms with Crippen LogP contribution in [0, 0.1) is 0 Å². The normalized spacial score (nSPS) is 17.0. The summed E-state index contributed by atoms with van der Waals surface area (Å²) in [6.07, 6.45) is 3.97. The number of hydrogen-bond donors (Lipinski definition) is 1. The molecule has 1 aliphatic rings. The molecule has 0 amide bonds. The third kappa shape index (κ3) is 4.14. The van der Waals surface area contributed by atoms with Gasteiger partial charge in [0.05, 0.1) is 17.2 Å². The Labute approximate surface area is 220 Å². The Hall–Kier alpha value is -4.71. The molecule has 6 nitrogen and oxygen atoms in total. The van der Waals surface area contributed by atoms with E-state index in [0.29, 0.717) is 0 Å². The molecule has 5 aromatic rings. The monoisotopic (exact) mass is 501 g/mol. The topological polar surface area (TPSA) is 76.7 Å². The van der Waals surface area contributed by atoms with E-state index in [2.05, 4.69) is 70.5 Å². The molecule has 0 saturated carbocycles. The van der Waals surface area contributed by atoms with E-state index < -0.39 is 5.97 Å². The molecule has 1 aliphatic heterocycles. The van der Waals surface area contributed by atoms with Gasteiger partial charge in [-0.1, -0.05) is 65.8 Å². The number of carbonyl (C=O) groups is 1. The van der Waals surface area contributed by atoms with Gasteiger partial charge in [0.2, 0.25) is 0 Å². The maximum absolute atomic E-state index is 11.4. The molecule has 0 saturated heterocycles. The van der Waals surface area contributed by atoms with Gasteiger partial charge < -0.3 is 14.5 Å². The van der Waals surface area contributed by atoms with Gasteiger partial charge in [0.25, 0.3) is 0 Å². The smallest absolute Gasteiger partial charge is 0.335 e. The third-order valence-electron chi connectivity index (χ3n) is 7.31. The standard InChI is InChI=1S/C32H27N3O3/c1-20-29(21(2)38-34-20)25-17-27-28(30(22-9-5-3-6-10-22)23-11-7-4-8-12-23)19-35(31(27)33-18-25)26-15-13-24(14-16-26)32(36)37/h3-19,21,29-30H,1-2H3,(H,36,37). The number of oxime groups is 1. The van der Waals surface area contributed by atoms with E-state index in [-0.39, 0.29) is 23.5 Å². The highest BCUT2D eigenvalue weighted by Crippen LogP contribution is 2.39. The Morgan fingerprint density at radius 3 is 2.13 bits per heavy atom. The molecule has 0 radical (unpaired) electrons. The van der Waals surface area contributed by atoms with Crippen LogP contribution in [0.5, 0.6) is 0 Å². The molecule has 1 N–H and O–H groups in total. The first kappa shape index (κ1) is 23.7. The minimum atomic E-state index is -0.949. The quantitative estimate of drug-likeness (QED) is 0.278. The number of aromatic carboxylic acids is 1. The minimum Gasteiger partial charge on any atom is -0.478 e. The van der Waals surface area contributed by atoms with Crippen LogP contribution >= 0.6 is 0 Å². The van der Waals surface area contributed by atoms with Crippen molar-refractivity contribution in [2.75, 3.05) is 0 Å². The predicted molar refractivity (Wildman–Crippen MR) is 148 cm³/mol. The van der Waals surface area contributed by atoms with E-state index in [0.717, 1.165) is 33.6 Å². The Morgan fingerprint density at radius 1 is 0.947 bits per heavy atom. The molecule has 0 bridgehead atoms. The first-order valence-corrected chi connectivity index (χ1v) is 12.7. The number of pyridine rings is 1. The lowest BCUT2D eigenvalue weighted by Gasteiger charge is -2.19. The number of carboxylic acids is 1. The van der Waals surface area contributed by atoms with E-state index in [9.17, 15) is 9.90 Å². The predicted octanol–water partition coefficient (Wildman–Crippen LogP) is 6.78. The first-order chi connectivity index (χ1) is 18.5. The average molecular weight is 502 g/mol. The summed E-state index contributed by atoms with van der Waals surface area (Å²) >= 11 is 0. The van der Waals surface area contributed by atoms with Crippen LogP contribution in [0.25, 0.3) is 16.7 Å². The summed E-state index contributed by atoms with van der Waals surface area (Å²) in [6.45, 7) is 4.02. The summed E-state index contributed by atoms with van der Waals surface area (Å²) in [5.74, 6) is -0.941. The SMILES string of the molecule is CC1=NOC(C)C1c1cnc2c(c1)c(C(c1ccccc1)c1ccccc1)cn2-c1ccc(C(=O)O)cc1. The molecule has 2 atom stereocenters. The summed E-state index contributed by atoms with van der Waals surface area (Å²) in [4.78, 5) is 22.0. The van der Waals surface area contributed by atoms with Gasteiger partial charge in [-0.05, 0) is 66.4 Å². The number of benzene rings is 3. The molecule has 2 unspecified atom stereocenters. The van der Waals surface area contributed by atoms with Crippen molar-refractivity contribution in [3.8, 4) is 5.69 Å². The van der Waals surface area contributed by atoms with Gasteiger partial charge in [-0.3, -0.25) is 0 Å². The zero-order valence-electron chi connectivity index (χ0n) is 21.2. The van der Waals surface area contributed by atoms with Gasteiger partial charge >= 0.3 is 5.97 Å². The molecule has 3 aromatic carbocycles. The van der Waals surface area contributed by atoms with Crippen molar-refractivity contribution >= 4 is 22.7 Å². The Balaban J connectivity index is 1.60. The first-order valence-electron chi connectivity index (χ1n) is 12.7. The van der Waals surface area contributed by atoms with E-state index in [1.54, 1.807) is 12.1 Å². The molecule has 3 heterocycles. The van der Waals surface area contributed by atoms with Crippen molar-refractivity contribution in [2.45, 2.75) is 31.8 Å². The fourth-order valence-corrected chi connectivity index (χ4v) is 5.49.